The zero-order valence-electron chi connectivity index (χ0n) is 10.5. The van der Waals surface area contributed by atoms with Gasteiger partial charge in [-0.25, -0.2) is 0 Å². The van der Waals surface area contributed by atoms with E-state index in [1.807, 2.05) is 11.9 Å². The highest BCUT2D eigenvalue weighted by molar-refractivity contribution is 5.97. The summed E-state index contributed by atoms with van der Waals surface area (Å²) in [5.74, 6) is -0.153. The van der Waals surface area contributed by atoms with Gasteiger partial charge in [0, 0.05) is 25.3 Å². The Balaban J connectivity index is 2.79. The Morgan fingerprint density at radius 3 is 2.59 bits per heavy atom. The first-order chi connectivity index (χ1) is 7.91. The molecule has 4 nitrogen and oxygen atoms in total. The minimum Gasteiger partial charge on any atom is -0.507 e. The van der Waals surface area contributed by atoms with Crippen LogP contribution in [0, 0.1) is 0 Å². The topological polar surface area (TPSA) is 60.8 Å². The molecule has 0 bridgehead atoms. The molecule has 0 fully saturated rings. The van der Waals surface area contributed by atoms with Crippen LogP contribution in [0.25, 0.3) is 0 Å². The maximum Gasteiger partial charge on any atom is 0.163 e. The van der Waals surface area contributed by atoms with E-state index in [-0.39, 0.29) is 17.6 Å². The molecule has 0 heterocycles. The maximum absolute atomic E-state index is 11.2. The number of hydrogen-bond donors (Lipinski definition) is 2. The summed E-state index contributed by atoms with van der Waals surface area (Å²) in [4.78, 5) is 13.1. The average Bonchev–Trinajstić information content (AvgIpc) is 2.25. The van der Waals surface area contributed by atoms with Crippen LogP contribution < -0.4 is 4.90 Å². The van der Waals surface area contributed by atoms with Crippen molar-refractivity contribution in [3.05, 3.63) is 23.8 Å². The second-order valence-corrected chi connectivity index (χ2v) is 4.32. The number of rotatable bonds is 5. The number of carbonyl (C=O) groups is 1. The van der Waals surface area contributed by atoms with E-state index < -0.39 is 0 Å². The Morgan fingerprint density at radius 2 is 2.12 bits per heavy atom. The summed E-state index contributed by atoms with van der Waals surface area (Å²) in [5, 5.41) is 18.9. The lowest BCUT2D eigenvalue weighted by Gasteiger charge is -2.20. The molecule has 0 radical (unpaired) electrons. The molecule has 17 heavy (non-hydrogen) atoms. The average molecular weight is 237 g/mol. The zero-order valence-corrected chi connectivity index (χ0v) is 10.5. The highest BCUT2D eigenvalue weighted by Crippen LogP contribution is 2.24. The molecule has 0 saturated heterocycles. The van der Waals surface area contributed by atoms with Crippen molar-refractivity contribution in [2.45, 2.75) is 26.4 Å². The summed E-state index contributed by atoms with van der Waals surface area (Å²) in [6.45, 7) is 3.85. The van der Waals surface area contributed by atoms with E-state index in [4.69, 9.17) is 0 Å². The third kappa shape index (κ3) is 3.75. The van der Waals surface area contributed by atoms with E-state index in [1.165, 1.54) is 6.92 Å². The molecule has 0 aliphatic heterocycles. The number of carbonyl (C=O) groups excluding carboxylic acids is 1. The van der Waals surface area contributed by atoms with Gasteiger partial charge in [-0.05, 0) is 32.4 Å². The summed E-state index contributed by atoms with van der Waals surface area (Å²) < 4.78 is 0. The van der Waals surface area contributed by atoms with Crippen LogP contribution >= 0.6 is 0 Å². The fourth-order valence-electron chi connectivity index (χ4n) is 1.56. The predicted octanol–water partition coefficient (Wildman–Crippen LogP) is 1.80. The lowest BCUT2D eigenvalue weighted by Crippen LogP contribution is -2.21. The molecule has 4 heteroatoms. The molecule has 0 spiro atoms. The van der Waals surface area contributed by atoms with Crippen molar-refractivity contribution >= 4 is 11.5 Å². The molecule has 0 aromatic heterocycles. The SMILES string of the molecule is CC(=O)c1ccc(N(C)CCC(C)O)cc1O. The van der Waals surface area contributed by atoms with Crippen LogP contribution in [-0.4, -0.2) is 35.7 Å². The van der Waals surface area contributed by atoms with Crippen molar-refractivity contribution < 1.29 is 15.0 Å². The summed E-state index contributed by atoms with van der Waals surface area (Å²) in [6.07, 6.45) is 0.314. The van der Waals surface area contributed by atoms with Crippen LogP contribution in [-0.2, 0) is 0 Å². The molecule has 0 aliphatic rings. The van der Waals surface area contributed by atoms with Crippen LogP contribution in [0.3, 0.4) is 0 Å². The van der Waals surface area contributed by atoms with E-state index in [1.54, 1.807) is 25.1 Å². The predicted molar refractivity (Wildman–Crippen MR) is 67.7 cm³/mol. The molecule has 1 unspecified atom stereocenters. The van der Waals surface area contributed by atoms with Crippen molar-refractivity contribution in [1.29, 1.82) is 0 Å². The normalized spacial score (nSPS) is 12.2. The molecule has 0 aliphatic carbocycles. The third-order valence-electron chi connectivity index (χ3n) is 2.68. The van der Waals surface area contributed by atoms with E-state index in [2.05, 4.69) is 0 Å². The third-order valence-corrected chi connectivity index (χ3v) is 2.68. The van der Waals surface area contributed by atoms with Gasteiger partial charge in [-0.15, -0.1) is 0 Å². The quantitative estimate of drug-likeness (QED) is 0.767. The number of Topliss-reactive ketones (excluding diaryl/α,β-unsaturated/α-hetero) is 1. The van der Waals surface area contributed by atoms with Gasteiger partial charge in [0.2, 0.25) is 0 Å². The van der Waals surface area contributed by atoms with Crippen LogP contribution in [0.15, 0.2) is 18.2 Å². The Hall–Kier alpha value is -1.55. The first kappa shape index (κ1) is 13.5. The Labute approximate surface area is 101 Å². The number of ketones is 1. The second kappa shape index (κ2) is 5.68. The lowest BCUT2D eigenvalue weighted by molar-refractivity contribution is 0.101. The van der Waals surface area contributed by atoms with Crippen molar-refractivity contribution in [2.24, 2.45) is 0 Å². The summed E-state index contributed by atoms with van der Waals surface area (Å²) in [7, 11) is 1.88. The number of aliphatic hydroxyl groups is 1. The summed E-state index contributed by atoms with van der Waals surface area (Å²) >= 11 is 0. The van der Waals surface area contributed by atoms with Gasteiger partial charge in [0.15, 0.2) is 5.78 Å². The lowest BCUT2D eigenvalue weighted by atomic mass is 10.1. The monoisotopic (exact) mass is 237 g/mol. The first-order valence-corrected chi connectivity index (χ1v) is 5.65. The molecule has 1 atom stereocenters. The highest BCUT2D eigenvalue weighted by atomic mass is 16.3. The molecule has 1 aromatic rings. The van der Waals surface area contributed by atoms with Gasteiger partial charge in [0.25, 0.3) is 0 Å². The number of benzene rings is 1. The molecule has 0 amide bonds. The minimum atomic E-state index is -0.345. The molecule has 94 valence electrons. The molecular formula is C13H19NO3. The van der Waals surface area contributed by atoms with Gasteiger partial charge in [0.1, 0.15) is 5.75 Å². The number of nitrogens with zero attached hydrogens (tertiary/aromatic N) is 1. The second-order valence-electron chi connectivity index (χ2n) is 4.32. The fourth-order valence-corrected chi connectivity index (χ4v) is 1.56. The van der Waals surface area contributed by atoms with Crippen LogP contribution in [0.5, 0.6) is 5.75 Å². The van der Waals surface area contributed by atoms with Gasteiger partial charge in [-0.2, -0.15) is 0 Å². The van der Waals surface area contributed by atoms with E-state index >= 15 is 0 Å². The number of aromatic hydroxyl groups is 1. The number of phenols is 1. The van der Waals surface area contributed by atoms with Gasteiger partial charge < -0.3 is 15.1 Å². The molecule has 1 rings (SSSR count). The number of phenolic OH excluding ortho intramolecular Hbond substituents is 1. The maximum atomic E-state index is 11.2. The summed E-state index contributed by atoms with van der Waals surface area (Å²) in [6, 6.07) is 4.98. The number of hydrogen-bond acceptors (Lipinski definition) is 4. The molecule has 0 saturated carbocycles. The van der Waals surface area contributed by atoms with Gasteiger partial charge >= 0.3 is 0 Å². The molecule has 2 N–H and O–H groups in total. The van der Waals surface area contributed by atoms with Gasteiger partial charge in [0.05, 0.1) is 11.7 Å². The standard InChI is InChI=1S/C13H19NO3/c1-9(15)6-7-14(3)11-4-5-12(10(2)16)13(17)8-11/h4-5,8-9,15,17H,6-7H2,1-3H3. The number of anilines is 1. The molecule has 1 aromatic carbocycles. The van der Waals surface area contributed by atoms with Gasteiger partial charge in [-0.3, -0.25) is 4.79 Å². The van der Waals surface area contributed by atoms with Crippen LogP contribution in [0.4, 0.5) is 5.69 Å². The minimum absolute atomic E-state index is 0.00102. The Morgan fingerprint density at radius 1 is 1.47 bits per heavy atom. The van der Waals surface area contributed by atoms with Crippen molar-refractivity contribution in [3.63, 3.8) is 0 Å². The number of aliphatic hydroxyl groups excluding tert-OH is 1. The van der Waals surface area contributed by atoms with Crippen molar-refractivity contribution in [3.8, 4) is 5.75 Å². The van der Waals surface area contributed by atoms with E-state index in [9.17, 15) is 15.0 Å². The highest BCUT2D eigenvalue weighted by Gasteiger charge is 2.09. The first-order valence-electron chi connectivity index (χ1n) is 5.65. The Bertz CT molecular complexity index is 402. The fraction of sp³-hybridized carbons (Fsp3) is 0.462. The van der Waals surface area contributed by atoms with E-state index in [0.717, 1.165) is 5.69 Å². The molecular weight excluding hydrogens is 218 g/mol. The summed E-state index contributed by atoms with van der Waals surface area (Å²) in [5.41, 5.74) is 1.16. The smallest absolute Gasteiger partial charge is 0.163 e. The zero-order chi connectivity index (χ0) is 13.0. The largest absolute Gasteiger partial charge is 0.507 e. The van der Waals surface area contributed by atoms with Crippen LogP contribution in [0.1, 0.15) is 30.6 Å². The van der Waals surface area contributed by atoms with Crippen molar-refractivity contribution in [1.82, 2.24) is 0 Å². The van der Waals surface area contributed by atoms with Crippen molar-refractivity contribution in [2.75, 3.05) is 18.5 Å². The van der Waals surface area contributed by atoms with Gasteiger partial charge in [-0.1, -0.05) is 0 Å². The Kier molecular flexibility index (Phi) is 4.52. The van der Waals surface area contributed by atoms with Crippen LogP contribution in [0.2, 0.25) is 0 Å². The van der Waals surface area contributed by atoms with E-state index in [0.29, 0.717) is 18.5 Å².